The number of amides is 4. The predicted molar refractivity (Wildman–Crippen MR) is 116 cm³/mol. The molecule has 2 aliphatic heterocycles. The fourth-order valence-corrected chi connectivity index (χ4v) is 4.96. The average molecular weight is 490 g/mol. The van der Waals surface area contributed by atoms with Gasteiger partial charge in [-0.15, -0.1) is 24.9 Å². The lowest BCUT2D eigenvalue weighted by Crippen LogP contribution is -2.74. The van der Waals surface area contributed by atoms with Crippen molar-refractivity contribution in [1.82, 2.24) is 20.4 Å². The number of anilines is 1. The number of ether oxygens (including phenoxy) is 1. The molecule has 4 amide bonds. The molecule has 33 heavy (non-hydrogen) atoms. The molecular formula is C20H26F3N5O4S. The van der Waals surface area contributed by atoms with Crippen LogP contribution in [0.3, 0.4) is 0 Å². The number of rotatable bonds is 7. The molecule has 2 fully saturated rings. The largest absolute Gasteiger partial charge is 0.573 e. The van der Waals surface area contributed by atoms with E-state index in [2.05, 4.69) is 20.7 Å². The van der Waals surface area contributed by atoms with Crippen molar-refractivity contribution < 1.29 is 32.3 Å². The second-order valence-electron chi connectivity index (χ2n) is 7.79. The van der Waals surface area contributed by atoms with Gasteiger partial charge in [-0.25, -0.2) is 4.79 Å². The number of carbonyl (C=O) groups is 3. The quantitative estimate of drug-likeness (QED) is 0.540. The minimum atomic E-state index is -4.79. The maximum Gasteiger partial charge on any atom is 0.573 e. The molecule has 9 nitrogen and oxygen atoms in total. The van der Waals surface area contributed by atoms with E-state index in [4.69, 9.17) is 0 Å². The van der Waals surface area contributed by atoms with Crippen LogP contribution in [0.2, 0.25) is 0 Å². The van der Waals surface area contributed by atoms with Gasteiger partial charge < -0.3 is 15.0 Å². The summed E-state index contributed by atoms with van der Waals surface area (Å²) in [5.41, 5.74) is 0.314. The lowest BCUT2D eigenvalue weighted by atomic mass is 9.96. The van der Waals surface area contributed by atoms with Crippen molar-refractivity contribution in [2.75, 3.05) is 25.2 Å². The number of hydrogen-bond donors (Lipinski definition) is 3. The summed E-state index contributed by atoms with van der Waals surface area (Å²) in [4.78, 5) is 40.2. The van der Waals surface area contributed by atoms with Crippen LogP contribution in [0.15, 0.2) is 24.3 Å². The van der Waals surface area contributed by atoms with Gasteiger partial charge in [0.15, 0.2) is 0 Å². The normalized spacial score (nSPS) is 25.6. The van der Waals surface area contributed by atoms with Gasteiger partial charge >= 0.3 is 12.4 Å². The highest BCUT2D eigenvalue weighted by Crippen LogP contribution is 2.32. The Labute approximate surface area is 193 Å². The summed E-state index contributed by atoms with van der Waals surface area (Å²) in [6.45, 7) is 2.02. The van der Waals surface area contributed by atoms with Gasteiger partial charge in [0.25, 0.3) is 0 Å². The van der Waals surface area contributed by atoms with Crippen molar-refractivity contribution >= 4 is 35.3 Å². The van der Waals surface area contributed by atoms with Gasteiger partial charge in [0.05, 0.1) is 29.4 Å². The molecular weight excluding hydrogens is 463 g/mol. The molecule has 0 aromatic heterocycles. The van der Waals surface area contributed by atoms with Gasteiger partial charge in [0.2, 0.25) is 11.8 Å². The lowest BCUT2D eigenvalue weighted by molar-refractivity contribution is -0.274. The molecule has 4 unspecified atom stereocenters. The van der Waals surface area contributed by atoms with Crippen LogP contribution in [0, 0.1) is 5.92 Å². The molecule has 1 aromatic rings. The molecule has 13 heteroatoms. The standard InChI is InChI=1S/C20H26F3N5O4S/c1-4-5-13-25-16-15(18(30)28(3)19(31)27(16)2)17(26-13)33-10-14(29)24-11-6-8-12(9-7-11)32-20(21,22)23/h6-9,13,15-17,25-26H,4-5,10H2,1-3H3,(H,24,29). The Morgan fingerprint density at radius 3 is 2.45 bits per heavy atom. The maximum absolute atomic E-state index is 12.8. The Morgan fingerprint density at radius 1 is 1.18 bits per heavy atom. The predicted octanol–water partition coefficient (Wildman–Crippen LogP) is 2.37. The number of benzene rings is 1. The smallest absolute Gasteiger partial charge is 0.406 e. The molecule has 0 radical (unpaired) electrons. The van der Waals surface area contributed by atoms with Crippen LogP contribution in [0.4, 0.5) is 23.7 Å². The SMILES string of the molecule is CCCC1NC(SCC(=O)Nc2ccc(OC(F)(F)F)cc2)C2C(=O)N(C)C(=O)N(C)C2N1. The molecule has 3 N–H and O–H groups in total. The van der Waals surface area contributed by atoms with Crippen LogP contribution in [-0.4, -0.2) is 71.6 Å². The number of urea groups is 1. The van der Waals surface area contributed by atoms with Gasteiger partial charge in [0.1, 0.15) is 5.75 Å². The summed E-state index contributed by atoms with van der Waals surface area (Å²) in [7, 11) is 3.06. The maximum atomic E-state index is 12.8. The summed E-state index contributed by atoms with van der Waals surface area (Å²) >= 11 is 1.24. The molecule has 2 saturated heterocycles. The third kappa shape index (κ3) is 6.09. The Kier molecular flexibility index (Phi) is 7.75. The highest BCUT2D eigenvalue weighted by Gasteiger charge is 2.50. The van der Waals surface area contributed by atoms with E-state index >= 15 is 0 Å². The Bertz CT molecular complexity index is 885. The van der Waals surface area contributed by atoms with Crippen molar-refractivity contribution in [2.45, 2.75) is 43.8 Å². The summed E-state index contributed by atoms with van der Waals surface area (Å²) in [6, 6.07) is 4.42. The zero-order valence-corrected chi connectivity index (χ0v) is 19.1. The van der Waals surface area contributed by atoms with Gasteiger partial charge in [-0.1, -0.05) is 13.3 Å². The van der Waals surface area contributed by atoms with Crippen LogP contribution >= 0.6 is 11.8 Å². The van der Waals surface area contributed by atoms with Crippen LogP contribution in [0.1, 0.15) is 19.8 Å². The fourth-order valence-electron chi connectivity index (χ4n) is 3.83. The average Bonchev–Trinajstić information content (AvgIpc) is 2.75. The monoisotopic (exact) mass is 489 g/mol. The van der Waals surface area contributed by atoms with Gasteiger partial charge in [-0.2, -0.15) is 0 Å². The number of hydrogen-bond acceptors (Lipinski definition) is 7. The molecule has 4 atom stereocenters. The Morgan fingerprint density at radius 2 is 1.85 bits per heavy atom. The first-order chi connectivity index (χ1) is 15.5. The molecule has 2 heterocycles. The molecule has 0 bridgehead atoms. The number of nitrogens with zero attached hydrogens (tertiary/aromatic N) is 2. The molecule has 182 valence electrons. The van der Waals surface area contributed by atoms with Crippen molar-refractivity contribution in [1.29, 1.82) is 0 Å². The minimum Gasteiger partial charge on any atom is -0.406 e. The third-order valence-corrected chi connectivity index (χ3v) is 6.59. The molecule has 0 saturated carbocycles. The van der Waals surface area contributed by atoms with Crippen LogP contribution in [-0.2, 0) is 9.59 Å². The van der Waals surface area contributed by atoms with Crippen molar-refractivity contribution in [3.63, 3.8) is 0 Å². The number of alkyl halides is 3. The highest BCUT2D eigenvalue weighted by molar-refractivity contribution is 8.00. The summed E-state index contributed by atoms with van der Waals surface area (Å²) < 4.78 is 40.6. The van der Waals surface area contributed by atoms with Crippen LogP contribution in [0.25, 0.3) is 0 Å². The molecule has 3 rings (SSSR count). The summed E-state index contributed by atoms with van der Waals surface area (Å²) in [6.07, 6.45) is -3.78. The molecule has 2 aliphatic rings. The number of nitrogens with one attached hydrogen (secondary N) is 3. The summed E-state index contributed by atoms with van der Waals surface area (Å²) in [5, 5.41) is 8.85. The van der Waals surface area contributed by atoms with Crippen LogP contribution in [0.5, 0.6) is 5.75 Å². The second-order valence-corrected chi connectivity index (χ2v) is 8.92. The van der Waals surface area contributed by atoms with Gasteiger partial charge in [-0.05, 0) is 30.7 Å². The zero-order chi connectivity index (χ0) is 24.3. The molecule has 0 spiro atoms. The first-order valence-corrected chi connectivity index (χ1v) is 11.4. The van der Waals surface area contributed by atoms with E-state index in [9.17, 15) is 27.6 Å². The van der Waals surface area contributed by atoms with E-state index in [0.717, 1.165) is 29.9 Å². The number of thioether (sulfide) groups is 1. The number of imide groups is 1. The highest BCUT2D eigenvalue weighted by atomic mass is 32.2. The van der Waals surface area contributed by atoms with Gasteiger partial charge in [0, 0.05) is 19.8 Å². The van der Waals surface area contributed by atoms with E-state index in [-0.39, 0.29) is 29.5 Å². The molecule has 1 aromatic carbocycles. The van der Waals surface area contributed by atoms with Crippen molar-refractivity contribution in [3.8, 4) is 5.75 Å². The van der Waals surface area contributed by atoms with E-state index < -0.39 is 29.9 Å². The topological polar surface area (TPSA) is 103 Å². The Balaban J connectivity index is 1.63. The third-order valence-electron chi connectivity index (χ3n) is 5.37. The first-order valence-electron chi connectivity index (χ1n) is 10.3. The van der Waals surface area contributed by atoms with Crippen molar-refractivity contribution in [2.24, 2.45) is 5.92 Å². The van der Waals surface area contributed by atoms with E-state index in [1.54, 1.807) is 7.05 Å². The van der Waals surface area contributed by atoms with Gasteiger partial charge in [-0.3, -0.25) is 25.1 Å². The number of halogens is 3. The summed E-state index contributed by atoms with van der Waals surface area (Å²) in [5.74, 6) is -1.71. The van der Waals surface area contributed by atoms with E-state index in [1.165, 1.54) is 35.8 Å². The van der Waals surface area contributed by atoms with E-state index in [1.807, 2.05) is 6.92 Å². The number of carbonyl (C=O) groups excluding carboxylic acids is 3. The zero-order valence-electron chi connectivity index (χ0n) is 18.3. The molecule has 0 aliphatic carbocycles. The van der Waals surface area contributed by atoms with Crippen molar-refractivity contribution in [3.05, 3.63) is 24.3 Å². The Hall–Kier alpha value is -2.51. The fraction of sp³-hybridized carbons (Fsp3) is 0.550. The second kappa shape index (κ2) is 10.2. The van der Waals surface area contributed by atoms with E-state index in [0.29, 0.717) is 5.69 Å². The van der Waals surface area contributed by atoms with Crippen LogP contribution < -0.4 is 20.7 Å². The minimum absolute atomic E-state index is 0.00477. The first kappa shape index (κ1) is 25.1. The number of fused-ring (bicyclic) bond motifs is 1. The lowest BCUT2D eigenvalue weighted by Gasteiger charge is -2.50.